The minimum absolute atomic E-state index is 0.338. The highest BCUT2D eigenvalue weighted by atomic mass is 32.1. The largest absolute Gasteiger partial charge is 0.299 e. The molecule has 1 aliphatic heterocycles. The number of carbonyl (C=O) groups excluding carboxylic acids is 1. The lowest BCUT2D eigenvalue weighted by molar-refractivity contribution is -0.122. The molecule has 0 spiro atoms. The number of likely N-dealkylation sites (tertiary alicyclic amines) is 1. The third-order valence-corrected chi connectivity index (χ3v) is 5.70. The monoisotopic (exact) mass is 278 g/mol. The van der Waals surface area contributed by atoms with Crippen LogP contribution in [0.4, 0.5) is 0 Å². The summed E-state index contributed by atoms with van der Waals surface area (Å²) in [6.45, 7) is 4.36. The Labute approximate surface area is 119 Å². The zero-order chi connectivity index (χ0) is 13.2. The second kappa shape index (κ2) is 5.71. The van der Waals surface area contributed by atoms with E-state index in [-0.39, 0.29) is 0 Å². The molecule has 1 aromatic rings. The zero-order valence-corrected chi connectivity index (χ0v) is 12.4. The molecular formula is C15H22N2OS. The lowest BCUT2D eigenvalue weighted by atomic mass is 9.95. The molecule has 1 aliphatic carbocycles. The molecule has 2 fully saturated rings. The molecule has 4 heteroatoms. The number of aromatic nitrogens is 1. The highest BCUT2D eigenvalue weighted by Crippen LogP contribution is 2.33. The second-order valence-electron chi connectivity index (χ2n) is 5.82. The molecule has 0 aromatic carbocycles. The van der Waals surface area contributed by atoms with Crippen LogP contribution < -0.4 is 0 Å². The summed E-state index contributed by atoms with van der Waals surface area (Å²) in [4.78, 5) is 20.2. The van der Waals surface area contributed by atoms with E-state index in [4.69, 9.17) is 0 Å². The zero-order valence-electron chi connectivity index (χ0n) is 11.6. The van der Waals surface area contributed by atoms with Gasteiger partial charge in [0.2, 0.25) is 0 Å². The van der Waals surface area contributed by atoms with Crippen LogP contribution in [0.5, 0.6) is 0 Å². The quantitative estimate of drug-likeness (QED) is 0.849. The van der Waals surface area contributed by atoms with Crippen LogP contribution in [0, 0.1) is 12.8 Å². The summed E-state index contributed by atoms with van der Waals surface area (Å²) in [6, 6.07) is 0.531. The van der Waals surface area contributed by atoms with Gasteiger partial charge in [-0.25, -0.2) is 4.98 Å². The van der Waals surface area contributed by atoms with E-state index in [0.717, 1.165) is 32.2 Å². The van der Waals surface area contributed by atoms with Crippen molar-refractivity contribution in [2.24, 2.45) is 5.92 Å². The molecule has 104 valence electrons. The second-order valence-corrected chi connectivity index (χ2v) is 6.76. The number of carbonyl (C=O) groups is 1. The van der Waals surface area contributed by atoms with Crippen LogP contribution in [0.1, 0.15) is 42.7 Å². The molecule has 0 radical (unpaired) electrons. The summed E-state index contributed by atoms with van der Waals surface area (Å²) in [5.41, 5.74) is 3.12. The Balaban J connectivity index is 1.60. The van der Waals surface area contributed by atoms with E-state index in [0.29, 0.717) is 17.7 Å². The van der Waals surface area contributed by atoms with Crippen molar-refractivity contribution in [1.29, 1.82) is 0 Å². The van der Waals surface area contributed by atoms with Gasteiger partial charge in [0.1, 0.15) is 5.78 Å². The van der Waals surface area contributed by atoms with E-state index >= 15 is 0 Å². The van der Waals surface area contributed by atoms with Crippen LogP contribution >= 0.6 is 11.3 Å². The number of Topliss-reactive ketones (excluding diaryl/α,β-unsaturated/α-hetero) is 1. The van der Waals surface area contributed by atoms with Gasteiger partial charge < -0.3 is 0 Å². The van der Waals surface area contributed by atoms with Gasteiger partial charge in [0.05, 0.1) is 11.2 Å². The van der Waals surface area contributed by atoms with Crippen molar-refractivity contribution < 1.29 is 4.79 Å². The topological polar surface area (TPSA) is 33.2 Å². The fourth-order valence-electron chi connectivity index (χ4n) is 3.65. The Kier molecular flexibility index (Phi) is 3.99. The summed E-state index contributed by atoms with van der Waals surface area (Å²) in [5, 5.41) is 0. The molecule has 2 atom stereocenters. The van der Waals surface area contributed by atoms with Crippen LogP contribution in [-0.2, 0) is 11.2 Å². The maximum absolute atomic E-state index is 12.0. The maximum Gasteiger partial charge on any atom is 0.137 e. The van der Waals surface area contributed by atoms with Gasteiger partial charge in [-0.2, -0.15) is 0 Å². The highest BCUT2D eigenvalue weighted by Gasteiger charge is 2.37. The standard InChI is InChI=1S/C15H22N2OS/c1-11-15(19-10-16-11)7-9-17-8-3-5-13(17)12-4-2-6-14(12)18/h10,12-13H,2-9H2,1H3. The van der Waals surface area contributed by atoms with Gasteiger partial charge in [0.25, 0.3) is 0 Å². The Hall–Kier alpha value is -0.740. The summed E-state index contributed by atoms with van der Waals surface area (Å²) < 4.78 is 0. The van der Waals surface area contributed by atoms with Crippen LogP contribution in [-0.4, -0.2) is 34.8 Å². The normalized spacial score (nSPS) is 28.4. The van der Waals surface area contributed by atoms with Crippen molar-refractivity contribution in [3.8, 4) is 0 Å². The van der Waals surface area contributed by atoms with Gasteiger partial charge in [-0.1, -0.05) is 0 Å². The molecule has 3 rings (SSSR count). The number of nitrogens with zero attached hydrogens (tertiary/aromatic N) is 2. The number of hydrogen-bond donors (Lipinski definition) is 0. The Morgan fingerprint density at radius 2 is 2.32 bits per heavy atom. The van der Waals surface area contributed by atoms with E-state index in [1.165, 1.54) is 30.0 Å². The van der Waals surface area contributed by atoms with Crippen molar-refractivity contribution in [3.63, 3.8) is 0 Å². The van der Waals surface area contributed by atoms with E-state index in [1.807, 2.05) is 5.51 Å². The summed E-state index contributed by atoms with van der Waals surface area (Å²) in [6.07, 6.45) is 6.63. The van der Waals surface area contributed by atoms with Gasteiger partial charge in [-0.3, -0.25) is 9.69 Å². The average molecular weight is 278 g/mol. The predicted molar refractivity (Wildman–Crippen MR) is 77.5 cm³/mol. The number of hydrogen-bond acceptors (Lipinski definition) is 4. The third kappa shape index (κ3) is 2.75. The van der Waals surface area contributed by atoms with Crippen molar-refractivity contribution in [2.45, 2.75) is 51.5 Å². The first-order chi connectivity index (χ1) is 9.25. The Morgan fingerprint density at radius 1 is 1.42 bits per heavy atom. The Bertz CT molecular complexity index is 457. The molecule has 2 aliphatic rings. The molecule has 1 saturated heterocycles. The molecular weight excluding hydrogens is 256 g/mol. The number of aryl methyl sites for hydroxylation is 1. The molecule has 2 heterocycles. The molecule has 0 amide bonds. The highest BCUT2D eigenvalue weighted by molar-refractivity contribution is 7.09. The van der Waals surface area contributed by atoms with Gasteiger partial charge in [0, 0.05) is 29.8 Å². The predicted octanol–water partition coefficient (Wildman–Crippen LogP) is 2.83. The van der Waals surface area contributed by atoms with Crippen LogP contribution in [0.2, 0.25) is 0 Å². The molecule has 1 saturated carbocycles. The maximum atomic E-state index is 12.0. The lowest BCUT2D eigenvalue weighted by Gasteiger charge is -2.28. The molecule has 1 aromatic heterocycles. The minimum Gasteiger partial charge on any atom is -0.299 e. The molecule has 2 unspecified atom stereocenters. The van der Waals surface area contributed by atoms with E-state index in [2.05, 4.69) is 16.8 Å². The van der Waals surface area contributed by atoms with Crippen LogP contribution in [0.15, 0.2) is 5.51 Å². The average Bonchev–Trinajstić information content (AvgIpc) is 3.08. The van der Waals surface area contributed by atoms with E-state index in [1.54, 1.807) is 11.3 Å². The first-order valence-electron chi connectivity index (χ1n) is 7.41. The van der Waals surface area contributed by atoms with Crippen molar-refractivity contribution in [3.05, 3.63) is 16.1 Å². The van der Waals surface area contributed by atoms with Gasteiger partial charge in [-0.15, -0.1) is 11.3 Å². The number of rotatable bonds is 4. The van der Waals surface area contributed by atoms with Gasteiger partial charge >= 0.3 is 0 Å². The SMILES string of the molecule is Cc1ncsc1CCN1CCCC1C1CCCC1=O. The van der Waals surface area contributed by atoms with Gasteiger partial charge in [-0.05, 0) is 45.6 Å². The molecule has 0 bridgehead atoms. The van der Waals surface area contributed by atoms with Crippen molar-refractivity contribution in [2.75, 3.05) is 13.1 Å². The van der Waals surface area contributed by atoms with Crippen molar-refractivity contribution in [1.82, 2.24) is 9.88 Å². The fourth-order valence-corrected chi connectivity index (χ4v) is 4.42. The summed E-state index contributed by atoms with van der Waals surface area (Å²) in [7, 11) is 0. The van der Waals surface area contributed by atoms with Crippen molar-refractivity contribution >= 4 is 17.1 Å². The summed E-state index contributed by atoms with van der Waals surface area (Å²) >= 11 is 1.76. The Morgan fingerprint density at radius 3 is 3.00 bits per heavy atom. The first-order valence-corrected chi connectivity index (χ1v) is 8.29. The van der Waals surface area contributed by atoms with Crippen LogP contribution in [0.3, 0.4) is 0 Å². The van der Waals surface area contributed by atoms with Gasteiger partial charge in [0.15, 0.2) is 0 Å². The smallest absolute Gasteiger partial charge is 0.137 e. The molecule has 3 nitrogen and oxygen atoms in total. The molecule has 19 heavy (non-hydrogen) atoms. The minimum atomic E-state index is 0.338. The van der Waals surface area contributed by atoms with Crippen LogP contribution in [0.25, 0.3) is 0 Å². The molecule has 0 N–H and O–H groups in total. The van der Waals surface area contributed by atoms with E-state index < -0.39 is 0 Å². The number of ketones is 1. The lowest BCUT2D eigenvalue weighted by Crippen LogP contribution is -2.38. The number of thiazole rings is 1. The van der Waals surface area contributed by atoms with E-state index in [9.17, 15) is 4.79 Å². The summed E-state index contributed by atoms with van der Waals surface area (Å²) in [5.74, 6) is 0.857. The fraction of sp³-hybridized carbons (Fsp3) is 0.733. The third-order valence-electron chi connectivity index (χ3n) is 4.70. The first kappa shape index (κ1) is 13.3.